The number of hydrogen-bond acceptors (Lipinski definition) is 2. The van der Waals surface area contributed by atoms with E-state index >= 15 is 0 Å². The van der Waals surface area contributed by atoms with Gasteiger partial charge < -0.3 is 9.64 Å². The lowest BCUT2D eigenvalue weighted by Gasteiger charge is -2.20. The Kier molecular flexibility index (Phi) is 8.70. The number of ether oxygens (including phenoxy) is 1. The number of nitrogens with zero attached hydrogens (tertiary/aromatic N) is 1. The number of unbranched alkanes of at least 4 members (excludes halogenated alkanes) is 1. The van der Waals surface area contributed by atoms with E-state index in [4.69, 9.17) is 16.3 Å². The highest BCUT2D eigenvalue weighted by Crippen LogP contribution is 2.08. The lowest BCUT2D eigenvalue weighted by atomic mass is 10.3. The van der Waals surface area contributed by atoms with Gasteiger partial charge in [0.25, 0.3) is 0 Å². The molecular formula is C15H24ClNO. The predicted octanol–water partition coefficient (Wildman–Crippen LogP) is 3.80. The third-order valence-corrected chi connectivity index (χ3v) is 3.03. The van der Waals surface area contributed by atoms with Gasteiger partial charge in [-0.25, -0.2) is 0 Å². The molecule has 0 fully saturated rings. The average molecular weight is 270 g/mol. The van der Waals surface area contributed by atoms with Crippen molar-refractivity contribution in [3.63, 3.8) is 0 Å². The van der Waals surface area contributed by atoms with Crippen LogP contribution in [0.5, 0.6) is 5.75 Å². The fraction of sp³-hybridized carbons (Fsp3) is 0.600. The van der Waals surface area contributed by atoms with E-state index in [2.05, 4.69) is 11.8 Å². The van der Waals surface area contributed by atoms with Gasteiger partial charge in [0.1, 0.15) is 5.75 Å². The molecule has 0 aromatic heterocycles. The van der Waals surface area contributed by atoms with E-state index in [9.17, 15) is 0 Å². The summed E-state index contributed by atoms with van der Waals surface area (Å²) in [6, 6.07) is 9.98. The second-order valence-electron chi connectivity index (χ2n) is 4.40. The zero-order valence-corrected chi connectivity index (χ0v) is 12.0. The smallest absolute Gasteiger partial charge is 0.119 e. The maximum absolute atomic E-state index is 5.81. The summed E-state index contributed by atoms with van der Waals surface area (Å²) in [6.45, 7) is 6.19. The van der Waals surface area contributed by atoms with Crippen LogP contribution >= 0.6 is 11.6 Å². The van der Waals surface area contributed by atoms with Crippen LogP contribution in [0.4, 0.5) is 0 Å². The maximum Gasteiger partial charge on any atom is 0.119 e. The molecule has 3 heteroatoms. The molecule has 0 N–H and O–H groups in total. The highest BCUT2D eigenvalue weighted by molar-refractivity contribution is 6.18. The van der Waals surface area contributed by atoms with Crippen molar-refractivity contribution in [2.45, 2.75) is 26.2 Å². The minimum absolute atomic E-state index is 0.712. The summed E-state index contributed by atoms with van der Waals surface area (Å²) in [5.41, 5.74) is 0. The van der Waals surface area contributed by atoms with Crippen molar-refractivity contribution in [2.75, 3.05) is 32.1 Å². The summed E-state index contributed by atoms with van der Waals surface area (Å²) in [7, 11) is 0. The first kappa shape index (κ1) is 15.3. The molecule has 18 heavy (non-hydrogen) atoms. The van der Waals surface area contributed by atoms with Crippen molar-refractivity contribution in [1.29, 1.82) is 0 Å². The molecule has 0 aliphatic carbocycles. The summed E-state index contributed by atoms with van der Waals surface area (Å²) in [6.07, 6.45) is 3.53. The minimum atomic E-state index is 0.712. The van der Waals surface area contributed by atoms with Gasteiger partial charge in [-0.05, 0) is 31.5 Å². The van der Waals surface area contributed by atoms with E-state index in [1.165, 1.54) is 12.8 Å². The van der Waals surface area contributed by atoms with E-state index in [0.717, 1.165) is 38.4 Å². The number of para-hydroxylation sites is 1. The van der Waals surface area contributed by atoms with Crippen molar-refractivity contribution >= 4 is 11.6 Å². The largest absolute Gasteiger partial charge is 0.494 e. The van der Waals surface area contributed by atoms with Crippen LogP contribution in [0, 0.1) is 0 Å². The first-order valence-corrected chi connectivity index (χ1v) is 7.36. The van der Waals surface area contributed by atoms with Crippen LogP contribution in [-0.2, 0) is 0 Å². The molecule has 1 aromatic carbocycles. The highest BCUT2D eigenvalue weighted by atomic mass is 35.5. The molecule has 0 heterocycles. The maximum atomic E-state index is 5.81. The van der Waals surface area contributed by atoms with E-state index in [0.29, 0.717) is 5.88 Å². The third-order valence-electron chi connectivity index (χ3n) is 2.86. The van der Waals surface area contributed by atoms with E-state index in [1.54, 1.807) is 0 Å². The van der Waals surface area contributed by atoms with Gasteiger partial charge in [-0.1, -0.05) is 31.5 Å². The Hall–Kier alpha value is -0.730. The second kappa shape index (κ2) is 10.2. The van der Waals surface area contributed by atoms with Crippen LogP contribution < -0.4 is 4.74 Å². The topological polar surface area (TPSA) is 12.5 Å². The molecule has 0 aliphatic rings. The number of benzene rings is 1. The summed E-state index contributed by atoms with van der Waals surface area (Å²) < 4.78 is 5.68. The van der Waals surface area contributed by atoms with Crippen molar-refractivity contribution in [3.05, 3.63) is 30.3 Å². The summed E-state index contributed by atoms with van der Waals surface area (Å²) in [5.74, 6) is 1.67. The van der Waals surface area contributed by atoms with Gasteiger partial charge in [-0.15, -0.1) is 11.6 Å². The molecule has 102 valence electrons. The zero-order chi connectivity index (χ0) is 13.1. The van der Waals surface area contributed by atoms with Crippen LogP contribution in [0.25, 0.3) is 0 Å². The van der Waals surface area contributed by atoms with Crippen LogP contribution in [0.1, 0.15) is 26.2 Å². The predicted molar refractivity (Wildman–Crippen MR) is 78.6 cm³/mol. The normalized spacial score (nSPS) is 10.8. The Bertz CT molecular complexity index is 292. The standard InChI is InChI=1S/C15H24ClNO/c1-2-3-11-17(13-10-16)12-7-14-18-15-8-5-4-6-9-15/h4-6,8-9H,2-3,7,10-14H2,1H3. The van der Waals surface area contributed by atoms with Gasteiger partial charge in [-0.2, -0.15) is 0 Å². The van der Waals surface area contributed by atoms with E-state index in [-0.39, 0.29) is 0 Å². The summed E-state index contributed by atoms with van der Waals surface area (Å²) in [5, 5.41) is 0. The quantitative estimate of drug-likeness (QED) is 0.473. The van der Waals surface area contributed by atoms with Gasteiger partial charge in [0.15, 0.2) is 0 Å². The van der Waals surface area contributed by atoms with E-state index in [1.807, 2.05) is 30.3 Å². The molecule has 0 spiro atoms. The van der Waals surface area contributed by atoms with Crippen molar-refractivity contribution in [1.82, 2.24) is 4.90 Å². The first-order valence-electron chi connectivity index (χ1n) is 6.83. The van der Waals surface area contributed by atoms with Crippen molar-refractivity contribution < 1.29 is 4.74 Å². The summed E-state index contributed by atoms with van der Waals surface area (Å²) in [4.78, 5) is 2.42. The van der Waals surface area contributed by atoms with Crippen molar-refractivity contribution in [2.24, 2.45) is 0 Å². The molecule has 1 aromatic rings. The van der Waals surface area contributed by atoms with Crippen LogP contribution in [0.3, 0.4) is 0 Å². The second-order valence-corrected chi connectivity index (χ2v) is 4.78. The lowest BCUT2D eigenvalue weighted by Crippen LogP contribution is -2.29. The Balaban J connectivity index is 2.14. The molecule has 1 rings (SSSR count). The Morgan fingerprint density at radius 1 is 1.06 bits per heavy atom. The van der Waals surface area contributed by atoms with Gasteiger partial charge in [0.2, 0.25) is 0 Å². The molecule has 0 amide bonds. The first-order chi connectivity index (χ1) is 8.86. The SMILES string of the molecule is CCCCN(CCCl)CCCOc1ccccc1. The highest BCUT2D eigenvalue weighted by Gasteiger charge is 2.03. The Morgan fingerprint density at radius 2 is 1.78 bits per heavy atom. The molecule has 0 radical (unpaired) electrons. The van der Waals surface area contributed by atoms with Gasteiger partial charge in [0, 0.05) is 19.0 Å². The monoisotopic (exact) mass is 269 g/mol. The molecule has 0 atom stereocenters. The van der Waals surface area contributed by atoms with Crippen LogP contribution in [-0.4, -0.2) is 37.0 Å². The number of rotatable bonds is 10. The molecule has 0 saturated heterocycles. The van der Waals surface area contributed by atoms with Crippen molar-refractivity contribution in [3.8, 4) is 5.75 Å². The molecule has 0 bridgehead atoms. The molecule has 0 saturated carbocycles. The van der Waals surface area contributed by atoms with Gasteiger partial charge in [-0.3, -0.25) is 0 Å². The number of hydrogen-bond donors (Lipinski definition) is 0. The third kappa shape index (κ3) is 6.87. The van der Waals surface area contributed by atoms with Gasteiger partial charge >= 0.3 is 0 Å². The molecular weight excluding hydrogens is 246 g/mol. The Labute approximate surface area is 116 Å². The molecule has 0 aliphatic heterocycles. The molecule has 0 unspecified atom stereocenters. The van der Waals surface area contributed by atoms with Gasteiger partial charge in [0.05, 0.1) is 6.61 Å². The fourth-order valence-electron chi connectivity index (χ4n) is 1.83. The summed E-state index contributed by atoms with van der Waals surface area (Å²) >= 11 is 5.81. The Morgan fingerprint density at radius 3 is 2.44 bits per heavy atom. The van der Waals surface area contributed by atoms with Crippen LogP contribution in [0.15, 0.2) is 30.3 Å². The fourth-order valence-corrected chi connectivity index (χ4v) is 2.07. The number of alkyl halides is 1. The van der Waals surface area contributed by atoms with Crippen LogP contribution in [0.2, 0.25) is 0 Å². The number of halogens is 1. The average Bonchev–Trinajstić information content (AvgIpc) is 2.42. The van der Waals surface area contributed by atoms with E-state index < -0.39 is 0 Å². The zero-order valence-electron chi connectivity index (χ0n) is 11.3. The lowest BCUT2D eigenvalue weighted by molar-refractivity contribution is 0.240. The molecule has 2 nitrogen and oxygen atoms in total. The minimum Gasteiger partial charge on any atom is -0.494 e.